The number of nitrogens with zero attached hydrogens (tertiary/aromatic N) is 1. The number of aliphatic hydroxyl groups excluding tert-OH is 2. The number of hydrogen-bond acceptors (Lipinski definition) is 7. The Bertz CT molecular complexity index is 886. The fourth-order valence-electron chi connectivity index (χ4n) is 2.74. The summed E-state index contributed by atoms with van der Waals surface area (Å²) in [7, 11) is 0. The highest BCUT2D eigenvalue weighted by molar-refractivity contribution is 6.17. The fraction of sp³-hybridized carbons (Fsp3) is 0.263. The number of hydrogen-bond donors (Lipinski definition) is 3. The van der Waals surface area contributed by atoms with Crippen molar-refractivity contribution in [3.63, 3.8) is 0 Å². The zero-order valence-electron chi connectivity index (χ0n) is 14.8. The van der Waals surface area contributed by atoms with E-state index in [9.17, 15) is 9.59 Å². The van der Waals surface area contributed by atoms with Crippen LogP contribution in [-0.4, -0.2) is 46.7 Å². The van der Waals surface area contributed by atoms with Crippen molar-refractivity contribution < 1.29 is 29.0 Å². The molecule has 0 saturated heterocycles. The van der Waals surface area contributed by atoms with Crippen LogP contribution in [0.15, 0.2) is 46.5 Å². The van der Waals surface area contributed by atoms with Gasteiger partial charge in [-0.15, -0.1) is 0 Å². The summed E-state index contributed by atoms with van der Waals surface area (Å²) >= 11 is 0. The molecule has 0 bridgehead atoms. The minimum Gasteiger partial charge on any atom is -0.492 e. The second-order valence-corrected chi connectivity index (χ2v) is 5.77. The minimum atomic E-state index is -0.512. The third kappa shape index (κ3) is 3.86. The van der Waals surface area contributed by atoms with Crippen LogP contribution in [0.2, 0.25) is 0 Å². The number of aliphatic hydroxyl groups is 2. The zero-order chi connectivity index (χ0) is 19.4. The first-order valence-electron chi connectivity index (χ1n) is 8.49. The number of amides is 2. The molecule has 1 aromatic heterocycles. The molecule has 0 unspecified atom stereocenters. The average Bonchev–Trinajstić information content (AvgIpc) is 3.24. The number of β-amino-alcohol motifs (C(OH)–C–C–N with tert-alkyl or cyclic N) is 1. The predicted molar refractivity (Wildman–Crippen MR) is 96.7 cm³/mol. The Morgan fingerprint density at radius 2 is 2.00 bits per heavy atom. The summed E-state index contributed by atoms with van der Waals surface area (Å²) in [5.74, 6) is 0.505. The molecule has 2 amide bonds. The molecule has 0 fully saturated rings. The molecule has 27 heavy (non-hydrogen) atoms. The van der Waals surface area contributed by atoms with E-state index in [2.05, 4.69) is 5.32 Å². The summed E-state index contributed by atoms with van der Waals surface area (Å²) in [6, 6.07) is 8.67. The van der Waals surface area contributed by atoms with Gasteiger partial charge in [0.1, 0.15) is 29.6 Å². The lowest BCUT2D eigenvalue weighted by Crippen LogP contribution is -2.34. The van der Waals surface area contributed by atoms with Crippen LogP contribution < -0.4 is 10.1 Å². The molecule has 3 rings (SSSR count). The maximum atomic E-state index is 12.4. The van der Waals surface area contributed by atoms with Gasteiger partial charge in [-0.05, 0) is 37.3 Å². The molecule has 1 aromatic carbocycles. The smallest absolute Gasteiger partial charge is 0.277 e. The molecular formula is C19H20N2O6. The summed E-state index contributed by atoms with van der Waals surface area (Å²) < 4.78 is 11.1. The van der Waals surface area contributed by atoms with Crippen molar-refractivity contribution in [2.24, 2.45) is 0 Å². The number of benzene rings is 1. The number of rotatable bonds is 8. The highest BCUT2D eigenvalue weighted by atomic mass is 16.5. The van der Waals surface area contributed by atoms with Gasteiger partial charge in [0.15, 0.2) is 0 Å². The average molecular weight is 372 g/mol. The van der Waals surface area contributed by atoms with Gasteiger partial charge in [0.05, 0.1) is 25.4 Å². The Kier molecular flexibility index (Phi) is 5.58. The van der Waals surface area contributed by atoms with Crippen LogP contribution in [-0.2, 0) is 16.2 Å². The number of carbonyl (C=O) groups is 2. The van der Waals surface area contributed by atoms with Gasteiger partial charge in [0.2, 0.25) is 0 Å². The van der Waals surface area contributed by atoms with Crippen LogP contribution in [0.3, 0.4) is 0 Å². The SMILES string of the molecule is CCOc1ccc(-c2ccc(CO)o2)cc1NC1=CC(=O)N(CCO)C1=O. The number of nitrogens with one attached hydrogen (secondary N) is 1. The van der Waals surface area contributed by atoms with Gasteiger partial charge in [-0.3, -0.25) is 14.5 Å². The van der Waals surface area contributed by atoms with E-state index in [0.717, 1.165) is 4.90 Å². The highest BCUT2D eigenvalue weighted by Crippen LogP contribution is 2.33. The Morgan fingerprint density at radius 1 is 1.19 bits per heavy atom. The van der Waals surface area contributed by atoms with Gasteiger partial charge >= 0.3 is 0 Å². The summed E-state index contributed by atoms with van der Waals surface area (Å²) in [4.78, 5) is 25.2. The van der Waals surface area contributed by atoms with Crippen molar-refractivity contribution in [3.8, 4) is 17.1 Å². The van der Waals surface area contributed by atoms with E-state index >= 15 is 0 Å². The molecule has 2 heterocycles. The first kappa shape index (κ1) is 18.7. The Hall–Kier alpha value is -3.10. The lowest BCUT2D eigenvalue weighted by atomic mass is 10.1. The maximum Gasteiger partial charge on any atom is 0.277 e. The van der Waals surface area contributed by atoms with E-state index in [0.29, 0.717) is 35.1 Å². The Balaban J connectivity index is 1.91. The third-order valence-electron chi connectivity index (χ3n) is 3.98. The van der Waals surface area contributed by atoms with Crippen LogP contribution in [0.5, 0.6) is 5.75 Å². The van der Waals surface area contributed by atoms with Crippen molar-refractivity contribution in [2.45, 2.75) is 13.5 Å². The molecule has 0 saturated carbocycles. The van der Waals surface area contributed by atoms with E-state index in [1.807, 2.05) is 6.92 Å². The first-order chi connectivity index (χ1) is 13.1. The number of carbonyl (C=O) groups excluding carboxylic acids is 2. The second kappa shape index (κ2) is 8.07. The largest absolute Gasteiger partial charge is 0.492 e. The Morgan fingerprint density at radius 3 is 2.67 bits per heavy atom. The van der Waals surface area contributed by atoms with Gasteiger partial charge < -0.3 is 24.7 Å². The third-order valence-corrected chi connectivity index (χ3v) is 3.98. The first-order valence-corrected chi connectivity index (χ1v) is 8.49. The maximum absolute atomic E-state index is 12.4. The molecule has 0 atom stereocenters. The molecule has 8 heteroatoms. The molecule has 0 radical (unpaired) electrons. The van der Waals surface area contributed by atoms with Crippen molar-refractivity contribution in [2.75, 3.05) is 25.1 Å². The van der Waals surface area contributed by atoms with Crippen molar-refractivity contribution in [1.29, 1.82) is 0 Å². The van der Waals surface area contributed by atoms with Crippen LogP contribution in [0, 0.1) is 0 Å². The number of imide groups is 1. The van der Waals surface area contributed by atoms with E-state index in [1.54, 1.807) is 30.3 Å². The van der Waals surface area contributed by atoms with Gasteiger partial charge in [0.25, 0.3) is 11.8 Å². The molecule has 2 aromatic rings. The summed E-state index contributed by atoms with van der Waals surface area (Å²) in [6.45, 7) is 1.70. The topological polar surface area (TPSA) is 112 Å². The molecule has 0 aliphatic carbocycles. The lowest BCUT2D eigenvalue weighted by Gasteiger charge is -2.16. The Labute approximate surface area is 155 Å². The van der Waals surface area contributed by atoms with E-state index in [-0.39, 0.29) is 25.5 Å². The van der Waals surface area contributed by atoms with Crippen molar-refractivity contribution in [3.05, 3.63) is 47.9 Å². The molecule has 142 valence electrons. The van der Waals surface area contributed by atoms with Gasteiger partial charge in [0, 0.05) is 11.6 Å². The van der Waals surface area contributed by atoms with Gasteiger partial charge in [-0.1, -0.05) is 0 Å². The predicted octanol–water partition coefficient (Wildman–Crippen LogP) is 1.49. The normalized spacial score (nSPS) is 13.9. The summed E-state index contributed by atoms with van der Waals surface area (Å²) in [5.41, 5.74) is 1.31. The van der Waals surface area contributed by atoms with Crippen molar-refractivity contribution in [1.82, 2.24) is 4.90 Å². The van der Waals surface area contributed by atoms with Crippen LogP contribution in [0.4, 0.5) is 5.69 Å². The second-order valence-electron chi connectivity index (χ2n) is 5.77. The summed E-state index contributed by atoms with van der Waals surface area (Å²) in [6.07, 6.45) is 1.19. The van der Waals surface area contributed by atoms with E-state index < -0.39 is 11.8 Å². The summed E-state index contributed by atoms with van der Waals surface area (Å²) in [5, 5.41) is 21.1. The molecule has 1 aliphatic rings. The van der Waals surface area contributed by atoms with Crippen LogP contribution in [0.1, 0.15) is 12.7 Å². The molecule has 8 nitrogen and oxygen atoms in total. The number of ether oxygens (including phenoxy) is 1. The van der Waals surface area contributed by atoms with Gasteiger partial charge in [-0.2, -0.15) is 0 Å². The van der Waals surface area contributed by atoms with Crippen molar-refractivity contribution >= 4 is 17.5 Å². The van der Waals surface area contributed by atoms with E-state index in [4.69, 9.17) is 19.4 Å². The molecular weight excluding hydrogens is 352 g/mol. The standard InChI is InChI=1S/C19H20N2O6/c1-2-26-17-5-3-12(16-6-4-13(11-23)27-16)9-14(17)20-15-10-18(24)21(7-8-22)19(15)25/h3-6,9-10,20,22-23H,2,7-8,11H2,1H3. The quantitative estimate of drug-likeness (QED) is 0.602. The van der Waals surface area contributed by atoms with Crippen LogP contribution in [0.25, 0.3) is 11.3 Å². The minimum absolute atomic E-state index is 0.0615. The molecule has 3 N–H and O–H groups in total. The molecule has 0 spiro atoms. The fourth-order valence-corrected chi connectivity index (χ4v) is 2.74. The zero-order valence-corrected chi connectivity index (χ0v) is 14.8. The van der Waals surface area contributed by atoms with Gasteiger partial charge in [-0.25, -0.2) is 0 Å². The highest BCUT2D eigenvalue weighted by Gasteiger charge is 2.31. The van der Waals surface area contributed by atoms with E-state index in [1.165, 1.54) is 6.08 Å². The number of furan rings is 1. The monoisotopic (exact) mass is 372 g/mol. The number of anilines is 1. The molecule has 1 aliphatic heterocycles. The lowest BCUT2D eigenvalue weighted by molar-refractivity contribution is -0.137. The van der Waals surface area contributed by atoms with Crippen LogP contribution >= 0.6 is 0 Å².